The van der Waals surface area contributed by atoms with Crippen LogP contribution >= 0.6 is 27.5 Å². The van der Waals surface area contributed by atoms with E-state index in [2.05, 4.69) is 36.4 Å². The number of tetrazole rings is 1. The third kappa shape index (κ3) is 2.58. The van der Waals surface area contributed by atoms with Gasteiger partial charge in [-0.05, 0) is 47.1 Å². The molecule has 0 atom stereocenters. The van der Waals surface area contributed by atoms with E-state index in [-0.39, 0.29) is 6.04 Å². The molecule has 0 spiro atoms. The molecule has 0 aliphatic carbocycles. The Balaban J connectivity index is 2.05. The van der Waals surface area contributed by atoms with Crippen LogP contribution in [0.25, 0.3) is 17.1 Å². The van der Waals surface area contributed by atoms with Gasteiger partial charge in [-0.25, -0.2) is 4.68 Å². The van der Waals surface area contributed by atoms with Gasteiger partial charge in [0.05, 0.1) is 23.5 Å². The van der Waals surface area contributed by atoms with Crippen molar-refractivity contribution in [2.45, 2.75) is 19.9 Å². The highest BCUT2D eigenvalue weighted by Crippen LogP contribution is 2.29. The number of para-hydroxylation sites is 1. The van der Waals surface area contributed by atoms with Gasteiger partial charge in [0.15, 0.2) is 0 Å². The van der Waals surface area contributed by atoms with Crippen LogP contribution in [0, 0.1) is 0 Å². The predicted molar refractivity (Wildman–Crippen MR) is 83.5 cm³/mol. The van der Waals surface area contributed by atoms with Crippen molar-refractivity contribution in [3.8, 4) is 17.1 Å². The highest BCUT2D eigenvalue weighted by Gasteiger charge is 2.17. The second kappa shape index (κ2) is 5.57. The fourth-order valence-electron chi connectivity index (χ4n) is 1.83. The summed E-state index contributed by atoms with van der Waals surface area (Å²) < 4.78 is 2.54. The Hall–Kier alpha value is -1.73. The van der Waals surface area contributed by atoms with Gasteiger partial charge in [-0.3, -0.25) is 0 Å². The van der Waals surface area contributed by atoms with E-state index in [0.29, 0.717) is 16.5 Å². The van der Waals surface area contributed by atoms with Crippen LogP contribution < -0.4 is 0 Å². The van der Waals surface area contributed by atoms with Gasteiger partial charge in [0.25, 0.3) is 0 Å². The third-order valence-corrected chi connectivity index (χ3v) is 3.96. The maximum absolute atomic E-state index is 6.42. The number of benzene rings is 1. The monoisotopic (exact) mass is 366 g/mol. The minimum absolute atomic E-state index is 0.142. The molecule has 0 N–H and O–H groups in total. The zero-order chi connectivity index (χ0) is 15.0. The minimum Gasteiger partial charge on any atom is -0.220 e. The summed E-state index contributed by atoms with van der Waals surface area (Å²) in [6.07, 6.45) is 1.64. The van der Waals surface area contributed by atoms with Crippen molar-refractivity contribution in [3.63, 3.8) is 0 Å². The van der Waals surface area contributed by atoms with E-state index in [4.69, 9.17) is 11.6 Å². The molecule has 0 aliphatic rings. The number of aromatic nitrogens is 6. The fraction of sp³-hybridized carbons (Fsp3) is 0.231. The summed E-state index contributed by atoms with van der Waals surface area (Å²) in [4.78, 5) is 1.54. The highest BCUT2D eigenvalue weighted by molar-refractivity contribution is 9.10. The molecule has 0 saturated heterocycles. The molecule has 2 aromatic heterocycles. The number of nitrogens with zero attached hydrogens (tertiary/aromatic N) is 6. The van der Waals surface area contributed by atoms with Crippen LogP contribution in [0.2, 0.25) is 5.15 Å². The van der Waals surface area contributed by atoms with Gasteiger partial charge in [-0.2, -0.15) is 9.90 Å². The van der Waals surface area contributed by atoms with Gasteiger partial charge in [-0.1, -0.05) is 23.7 Å². The topological polar surface area (TPSA) is 61.4 Å². The summed E-state index contributed by atoms with van der Waals surface area (Å²) in [5.74, 6) is 0.465. The van der Waals surface area contributed by atoms with Gasteiger partial charge in [0.1, 0.15) is 5.15 Å². The van der Waals surface area contributed by atoms with Crippen LogP contribution in [0.15, 0.2) is 34.9 Å². The largest absolute Gasteiger partial charge is 0.220 e. The molecule has 0 saturated carbocycles. The normalized spacial score (nSPS) is 11.3. The zero-order valence-corrected chi connectivity index (χ0v) is 13.7. The SMILES string of the molecule is CC(C)n1nnc(-c2cnn(-c3ccccc3Br)c2Cl)n1. The van der Waals surface area contributed by atoms with Crippen LogP contribution in [-0.4, -0.2) is 30.0 Å². The first-order valence-corrected chi connectivity index (χ1v) is 7.53. The van der Waals surface area contributed by atoms with Crippen LogP contribution in [0.1, 0.15) is 19.9 Å². The fourth-order valence-corrected chi connectivity index (χ4v) is 2.55. The second-order valence-corrected chi connectivity index (χ2v) is 5.95. The summed E-state index contributed by atoms with van der Waals surface area (Å²) in [7, 11) is 0. The first kappa shape index (κ1) is 14.2. The molecule has 0 aliphatic heterocycles. The Labute approximate surface area is 134 Å². The van der Waals surface area contributed by atoms with Crippen molar-refractivity contribution >= 4 is 27.5 Å². The van der Waals surface area contributed by atoms with Crippen LogP contribution in [0.3, 0.4) is 0 Å². The molecule has 0 bridgehead atoms. The Kier molecular flexibility index (Phi) is 3.77. The average molecular weight is 368 g/mol. The maximum atomic E-state index is 6.42. The van der Waals surface area contributed by atoms with E-state index >= 15 is 0 Å². The van der Waals surface area contributed by atoms with Crippen molar-refractivity contribution < 1.29 is 0 Å². The van der Waals surface area contributed by atoms with Crippen molar-refractivity contribution in [1.29, 1.82) is 0 Å². The molecule has 3 rings (SSSR count). The molecule has 3 aromatic rings. The molecule has 0 amide bonds. The number of halogens is 2. The lowest BCUT2D eigenvalue weighted by atomic mass is 10.3. The molecule has 1 aromatic carbocycles. The summed E-state index contributed by atoms with van der Waals surface area (Å²) in [6, 6.07) is 7.85. The molecule has 0 fully saturated rings. The standard InChI is InChI=1S/C13H12BrClN6/c1-8(2)21-18-13(17-19-21)9-7-16-20(12(9)15)11-6-4-3-5-10(11)14/h3-8H,1-2H3. The molecule has 0 unspecified atom stereocenters. The van der Waals surface area contributed by atoms with Crippen molar-refractivity contribution in [1.82, 2.24) is 30.0 Å². The first-order valence-electron chi connectivity index (χ1n) is 6.36. The van der Waals surface area contributed by atoms with E-state index in [1.54, 1.807) is 15.7 Å². The van der Waals surface area contributed by atoms with E-state index < -0.39 is 0 Å². The molecule has 0 radical (unpaired) electrons. The lowest BCUT2D eigenvalue weighted by Crippen LogP contribution is -2.04. The first-order chi connectivity index (χ1) is 10.1. The summed E-state index contributed by atoms with van der Waals surface area (Å²) in [5, 5.41) is 17.1. The zero-order valence-electron chi connectivity index (χ0n) is 11.4. The smallest absolute Gasteiger partial charge is 0.209 e. The van der Waals surface area contributed by atoms with E-state index in [1.165, 1.54) is 0 Å². The minimum atomic E-state index is 0.142. The lowest BCUT2D eigenvalue weighted by Gasteiger charge is -2.05. The Morgan fingerprint density at radius 1 is 1.24 bits per heavy atom. The molecule has 21 heavy (non-hydrogen) atoms. The second-order valence-electron chi connectivity index (χ2n) is 4.74. The molecule has 8 heteroatoms. The van der Waals surface area contributed by atoms with Gasteiger partial charge in [-0.15, -0.1) is 10.2 Å². The maximum Gasteiger partial charge on any atom is 0.209 e. The molecule has 108 valence electrons. The van der Waals surface area contributed by atoms with Gasteiger partial charge < -0.3 is 0 Å². The quantitative estimate of drug-likeness (QED) is 0.710. The Morgan fingerprint density at radius 2 is 2.00 bits per heavy atom. The molecular formula is C13H12BrClN6. The Morgan fingerprint density at radius 3 is 2.67 bits per heavy atom. The van der Waals surface area contributed by atoms with Crippen molar-refractivity contribution in [2.75, 3.05) is 0 Å². The summed E-state index contributed by atoms with van der Waals surface area (Å²) in [6.45, 7) is 3.97. The number of hydrogen-bond donors (Lipinski definition) is 0. The van der Waals surface area contributed by atoms with E-state index in [1.807, 2.05) is 38.1 Å². The van der Waals surface area contributed by atoms with Crippen molar-refractivity contribution in [2.24, 2.45) is 0 Å². The van der Waals surface area contributed by atoms with E-state index in [0.717, 1.165) is 10.2 Å². The molecular weight excluding hydrogens is 356 g/mol. The number of rotatable bonds is 3. The highest BCUT2D eigenvalue weighted by atomic mass is 79.9. The predicted octanol–water partition coefficient (Wildman–Crippen LogP) is 3.52. The van der Waals surface area contributed by atoms with Crippen LogP contribution in [0.4, 0.5) is 0 Å². The Bertz CT molecular complexity index is 779. The van der Waals surface area contributed by atoms with Crippen molar-refractivity contribution in [3.05, 3.63) is 40.1 Å². The van der Waals surface area contributed by atoms with Gasteiger partial charge in [0, 0.05) is 4.47 Å². The number of hydrogen-bond acceptors (Lipinski definition) is 4. The third-order valence-electron chi connectivity index (χ3n) is 2.92. The lowest BCUT2D eigenvalue weighted by molar-refractivity contribution is 0.455. The van der Waals surface area contributed by atoms with Crippen LogP contribution in [-0.2, 0) is 0 Å². The van der Waals surface area contributed by atoms with Gasteiger partial charge in [0.2, 0.25) is 5.82 Å². The molecule has 6 nitrogen and oxygen atoms in total. The van der Waals surface area contributed by atoms with Gasteiger partial charge >= 0.3 is 0 Å². The molecule has 2 heterocycles. The average Bonchev–Trinajstić information content (AvgIpc) is 3.06. The summed E-state index contributed by atoms with van der Waals surface area (Å²) >= 11 is 9.91. The van der Waals surface area contributed by atoms with E-state index in [9.17, 15) is 0 Å². The summed E-state index contributed by atoms with van der Waals surface area (Å²) in [5.41, 5.74) is 1.50. The van der Waals surface area contributed by atoms with Crippen LogP contribution in [0.5, 0.6) is 0 Å².